The molecule has 0 aromatic rings. The summed E-state index contributed by atoms with van der Waals surface area (Å²) in [6, 6.07) is 0. The van der Waals surface area contributed by atoms with Gasteiger partial charge in [0.2, 0.25) is 0 Å². The molecule has 15 heavy (non-hydrogen) atoms. The van der Waals surface area contributed by atoms with Gasteiger partial charge in [-0.15, -0.1) is 11.8 Å². The fourth-order valence-electron chi connectivity index (χ4n) is 1.55. The number of aliphatic carboxylic acids is 2. The van der Waals surface area contributed by atoms with Crippen LogP contribution in [-0.2, 0) is 9.59 Å². The zero-order valence-corrected chi connectivity index (χ0v) is 9.97. The standard InChI is InChI=1S/C10H18O4S/c1-3-5-10(6-4-2,9(13)14)15-7-8(11)12/h3-7H2,1-2H3,(H,11,12)(H,13,14). The molecule has 0 unspecified atom stereocenters. The zero-order valence-electron chi connectivity index (χ0n) is 9.15. The van der Waals surface area contributed by atoms with Crippen molar-refractivity contribution in [2.45, 2.75) is 44.3 Å². The molecular formula is C10H18O4S. The average molecular weight is 234 g/mol. The predicted octanol–water partition coefficient (Wildman–Crippen LogP) is 2.23. The maximum Gasteiger partial charge on any atom is 0.319 e. The van der Waals surface area contributed by atoms with E-state index in [4.69, 9.17) is 5.11 Å². The monoisotopic (exact) mass is 234 g/mol. The van der Waals surface area contributed by atoms with Crippen LogP contribution >= 0.6 is 11.8 Å². The van der Waals surface area contributed by atoms with Crippen LogP contribution in [0.3, 0.4) is 0 Å². The van der Waals surface area contributed by atoms with Gasteiger partial charge in [0, 0.05) is 0 Å². The first-order valence-electron chi connectivity index (χ1n) is 5.07. The van der Waals surface area contributed by atoms with E-state index in [9.17, 15) is 14.7 Å². The topological polar surface area (TPSA) is 74.6 Å². The van der Waals surface area contributed by atoms with Crippen molar-refractivity contribution in [1.82, 2.24) is 0 Å². The van der Waals surface area contributed by atoms with E-state index >= 15 is 0 Å². The smallest absolute Gasteiger partial charge is 0.319 e. The maximum atomic E-state index is 11.2. The number of carboxylic acid groups (broad SMARTS) is 2. The highest BCUT2D eigenvalue weighted by Gasteiger charge is 2.37. The van der Waals surface area contributed by atoms with Gasteiger partial charge in [0.15, 0.2) is 0 Å². The third-order valence-corrected chi connectivity index (χ3v) is 3.70. The van der Waals surface area contributed by atoms with Crippen LogP contribution in [-0.4, -0.2) is 32.7 Å². The van der Waals surface area contributed by atoms with Gasteiger partial charge in [0.1, 0.15) is 4.75 Å². The Morgan fingerprint density at radius 1 is 1.13 bits per heavy atom. The van der Waals surface area contributed by atoms with Gasteiger partial charge in [-0.05, 0) is 12.8 Å². The molecule has 2 N–H and O–H groups in total. The van der Waals surface area contributed by atoms with Crippen molar-refractivity contribution in [2.75, 3.05) is 5.75 Å². The normalized spacial score (nSPS) is 11.3. The minimum Gasteiger partial charge on any atom is -0.481 e. The third kappa shape index (κ3) is 4.55. The summed E-state index contributed by atoms with van der Waals surface area (Å²) < 4.78 is -0.915. The Balaban J connectivity index is 4.61. The summed E-state index contributed by atoms with van der Waals surface area (Å²) in [5.74, 6) is -2.00. The zero-order chi connectivity index (χ0) is 11.9. The highest BCUT2D eigenvalue weighted by atomic mass is 32.2. The van der Waals surface area contributed by atoms with Crippen LogP contribution in [0.15, 0.2) is 0 Å². The molecule has 0 aromatic heterocycles. The Bertz CT molecular complexity index is 221. The average Bonchev–Trinajstić information content (AvgIpc) is 2.14. The summed E-state index contributed by atoms with van der Waals surface area (Å²) in [4.78, 5) is 21.7. The molecule has 0 amide bonds. The van der Waals surface area contributed by atoms with Gasteiger partial charge in [-0.2, -0.15) is 0 Å². The molecule has 4 nitrogen and oxygen atoms in total. The summed E-state index contributed by atoms with van der Waals surface area (Å²) in [5, 5.41) is 17.8. The lowest BCUT2D eigenvalue weighted by Gasteiger charge is -2.27. The van der Waals surface area contributed by atoms with E-state index in [0.29, 0.717) is 12.8 Å². The lowest BCUT2D eigenvalue weighted by atomic mass is 9.97. The van der Waals surface area contributed by atoms with Crippen molar-refractivity contribution in [2.24, 2.45) is 0 Å². The van der Waals surface area contributed by atoms with Crippen LogP contribution in [0.4, 0.5) is 0 Å². The first kappa shape index (κ1) is 14.3. The summed E-state index contributed by atoms with van der Waals surface area (Å²) in [5.41, 5.74) is 0. The SMILES string of the molecule is CCCC(CCC)(SCC(=O)O)C(=O)O. The molecule has 0 spiro atoms. The van der Waals surface area contributed by atoms with E-state index in [1.807, 2.05) is 13.8 Å². The van der Waals surface area contributed by atoms with E-state index in [-0.39, 0.29) is 5.75 Å². The Labute approximate surface area is 94.1 Å². The van der Waals surface area contributed by atoms with Crippen molar-refractivity contribution in [3.8, 4) is 0 Å². The second-order valence-electron chi connectivity index (χ2n) is 3.48. The first-order chi connectivity index (χ1) is 6.98. The van der Waals surface area contributed by atoms with Gasteiger partial charge in [-0.1, -0.05) is 26.7 Å². The van der Waals surface area contributed by atoms with Crippen LogP contribution in [0.5, 0.6) is 0 Å². The first-order valence-corrected chi connectivity index (χ1v) is 6.06. The van der Waals surface area contributed by atoms with Gasteiger partial charge in [0.25, 0.3) is 0 Å². The van der Waals surface area contributed by atoms with Crippen LogP contribution in [0.1, 0.15) is 39.5 Å². The molecular weight excluding hydrogens is 216 g/mol. The van der Waals surface area contributed by atoms with E-state index in [2.05, 4.69) is 0 Å². The van der Waals surface area contributed by atoms with Crippen molar-refractivity contribution < 1.29 is 19.8 Å². The molecule has 0 atom stereocenters. The quantitative estimate of drug-likeness (QED) is 0.673. The van der Waals surface area contributed by atoms with Gasteiger partial charge in [-0.3, -0.25) is 9.59 Å². The summed E-state index contributed by atoms with van der Waals surface area (Å²) in [6.07, 6.45) is 2.54. The number of hydrogen-bond acceptors (Lipinski definition) is 3. The van der Waals surface area contributed by atoms with E-state index in [1.54, 1.807) is 0 Å². The minimum absolute atomic E-state index is 0.147. The van der Waals surface area contributed by atoms with Gasteiger partial charge >= 0.3 is 11.9 Å². The second kappa shape index (κ2) is 6.71. The highest BCUT2D eigenvalue weighted by Crippen LogP contribution is 2.35. The molecule has 0 saturated carbocycles. The van der Waals surface area contributed by atoms with Crippen molar-refractivity contribution in [3.05, 3.63) is 0 Å². The summed E-state index contributed by atoms with van der Waals surface area (Å²) in [7, 11) is 0. The summed E-state index contributed by atoms with van der Waals surface area (Å²) >= 11 is 1.04. The van der Waals surface area contributed by atoms with E-state index < -0.39 is 16.7 Å². The molecule has 0 saturated heterocycles. The van der Waals surface area contributed by atoms with Crippen LogP contribution in [0.2, 0.25) is 0 Å². The predicted molar refractivity (Wildman–Crippen MR) is 60.3 cm³/mol. The van der Waals surface area contributed by atoms with Crippen molar-refractivity contribution in [3.63, 3.8) is 0 Å². The second-order valence-corrected chi connectivity index (χ2v) is 4.84. The van der Waals surface area contributed by atoms with Gasteiger partial charge < -0.3 is 10.2 Å². The molecule has 0 radical (unpaired) electrons. The Morgan fingerprint density at radius 2 is 1.60 bits per heavy atom. The van der Waals surface area contributed by atoms with Crippen molar-refractivity contribution in [1.29, 1.82) is 0 Å². The van der Waals surface area contributed by atoms with Crippen molar-refractivity contribution >= 4 is 23.7 Å². The number of rotatable bonds is 8. The van der Waals surface area contributed by atoms with Crippen LogP contribution in [0.25, 0.3) is 0 Å². The third-order valence-electron chi connectivity index (χ3n) is 2.17. The van der Waals surface area contributed by atoms with Gasteiger partial charge in [-0.25, -0.2) is 0 Å². The molecule has 88 valence electrons. The molecule has 0 bridgehead atoms. The molecule has 5 heteroatoms. The van der Waals surface area contributed by atoms with Crippen LogP contribution in [0, 0.1) is 0 Å². The number of thioether (sulfide) groups is 1. The lowest BCUT2D eigenvalue weighted by molar-refractivity contribution is -0.140. The molecule has 0 heterocycles. The van der Waals surface area contributed by atoms with E-state index in [0.717, 1.165) is 24.6 Å². The Hall–Kier alpha value is -0.710. The van der Waals surface area contributed by atoms with Gasteiger partial charge in [0.05, 0.1) is 5.75 Å². The molecule has 0 fully saturated rings. The lowest BCUT2D eigenvalue weighted by Crippen LogP contribution is -2.36. The fourth-order valence-corrected chi connectivity index (χ4v) is 2.77. The number of carbonyl (C=O) groups is 2. The molecule has 0 aliphatic rings. The largest absolute Gasteiger partial charge is 0.481 e. The molecule has 0 aromatic carbocycles. The minimum atomic E-state index is -0.960. The highest BCUT2D eigenvalue weighted by molar-refractivity contribution is 8.02. The Kier molecular flexibility index (Phi) is 6.40. The number of carboxylic acids is 2. The molecule has 0 aliphatic heterocycles. The van der Waals surface area contributed by atoms with Crippen LogP contribution < -0.4 is 0 Å². The maximum absolute atomic E-state index is 11.2. The summed E-state index contributed by atoms with van der Waals surface area (Å²) in [6.45, 7) is 3.82. The van der Waals surface area contributed by atoms with E-state index in [1.165, 1.54) is 0 Å². The molecule has 0 aliphatic carbocycles. The number of hydrogen-bond donors (Lipinski definition) is 2. The fraction of sp³-hybridized carbons (Fsp3) is 0.800. The Morgan fingerprint density at radius 3 is 1.87 bits per heavy atom. The molecule has 0 rings (SSSR count).